The molecule has 1 saturated heterocycles. The minimum absolute atomic E-state index is 0.0988. The van der Waals surface area contributed by atoms with Gasteiger partial charge in [0, 0.05) is 17.6 Å². The van der Waals surface area contributed by atoms with Gasteiger partial charge in [-0.2, -0.15) is 0 Å². The number of carbonyl (C=O) groups excluding carboxylic acids is 1. The van der Waals surface area contributed by atoms with Crippen molar-refractivity contribution in [2.75, 3.05) is 32.1 Å². The fraction of sp³-hybridized carbons (Fsp3) is 0.385. The number of rotatable bonds is 3. The van der Waals surface area contributed by atoms with Gasteiger partial charge in [-0.25, -0.2) is 4.98 Å². The molecule has 3 rings (SSSR count). The number of amides is 1. The second kappa shape index (κ2) is 6.15. The van der Waals surface area contributed by atoms with E-state index in [1.807, 2.05) is 23.1 Å². The molecule has 1 amide bonds. The first-order valence-electron chi connectivity index (χ1n) is 6.27. The van der Waals surface area contributed by atoms with E-state index in [2.05, 4.69) is 20.9 Å². The number of halogens is 1. The Kier molecular flexibility index (Phi) is 4.28. The molecule has 7 heteroatoms. The fourth-order valence-electron chi connectivity index (χ4n) is 1.97. The predicted octanol–water partition coefficient (Wildman–Crippen LogP) is 2.54. The molecule has 0 saturated carbocycles. The molecule has 0 aliphatic carbocycles. The number of thioether (sulfide) groups is 1. The van der Waals surface area contributed by atoms with E-state index >= 15 is 0 Å². The Morgan fingerprint density at radius 3 is 3.00 bits per heavy atom. The van der Waals surface area contributed by atoms with E-state index in [4.69, 9.17) is 9.15 Å². The van der Waals surface area contributed by atoms with Gasteiger partial charge in [-0.3, -0.25) is 4.79 Å². The topological polar surface area (TPSA) is 55.6 Å². The van der Waals surface area contributed by atoms with Crippen molar-refractivity contribution in [1.82, 2.24) is 9.88 Å². The maximum absolute atomic E-state index is 12.0. The van der Waals surface area contributed by atoms with Crippen LogP contribution in [0.15, 0.2) is 32.3 Å². The Labute approximate surface area is 128 Å². The Morgan fingerprint density at radius 2 is 2.20 bits per heavy atom. The lowest BCUT2D eigenvalue weighted by molar-refractivity contribution is -0.132. The van der Waals surface area contributed by atoms with E-state index in [1.54, 1.807) is 0 Å². The predicted molar refractivity (Wildman–Crippen MR) is 79.8 cm³/mol. The summed E-state index contributed by atoms with van der Waals surface area (Å²) in [7, 11) is 0. The Morgan fingerprint density at radius 1 is 1.40 bits per heavy atom. The highest BCUT2D eigenvalue weighted by Crippen LogP contribution is 2.26. The third-order valence-electron chi connectivity index (χ3n) is 3.01. The maximum Gasteiger partial charge on any atom is 0.257 e. The molecular formula is C13H13BrN2O3S. The van der Waals surface area contributed by atoms with Crippen molar-refractivity contribution in [3.63, 3.8) is 0 Å². The minimum Gasteiger partial charge on any atom is -0.431 e. The molecule has 2 aromatic rings. The van der Waals surface area contributed by atoms with Crippen LogP contribution in [-0.4, -0.2) is 47.8 Å². The second-order valence-corrected chi connectivity index (χ2v) is 6.22. The zero-order valence-corrected chi connectivity index (χ0v) is 13.1. The summed E-state index contributed by atoms with van der Waals surface area (Å²) in [5.41, 5.74) is 1.52. The SMILES string of the molecule is O=C(CSc1nc2ccc(Br)cc2o1)N1CCOCC1. The molecule has 106 valence electrons. The van der Waals surface area contributed by atoms with Gasteiger partial charge in [-0.1, -0.05) is 27.7 Å². The first-order valence-corrected chi connectivity index (χ1v) is 8.04. The van der Waals surface area contributed by atoms with Gasteiger partial charge in [0.15, 0.2) is 5.58 Å². The normalized spacial score (nSPS) is 15.8. The molecule has 2 heterocycles. The van der Waals surface area contributed by atoms with Crippen molar-refractivity contribution in [3.05, 3.63) is 22.7 Å². The second-order valence-electron chi connectivity index (χ2n) is 4.37. The summed E-state index contributed by atoms with van der Waals surface area (Å²) in [5, 5.41) is 0.528. The van der Waals surface area contributed by atoms with E-state index in [0.717, 1.165) is 15.6 Å². The van der Waals surface area contributed by atoms with Gasteiger partial charge in [0.2, 0.25) is 5.91 Å². The first kappa shape index (κ1) is 13.9. The monoisotopic (exact) mass is 356 g/mol. The Hall–Kier alpha value is -1.05. The van der Waals surface area contributed by atoms with Crippen molar-refractivity contribution in [2.45, 2.75) is 5.22 Å². The fourth-order valence-corrected chi connectivity index (χ4v) is 3.05. The number of morpholine rings is 1. The van der Waals surface area contributed by atoms with Crippen molar-refractivity contribution in [3.8, 4) is 0 Å². The highest BCUT2D eigenvalue weighted by molar-refractivity contribution is 9.10. The third kappa shape index (κ3) is 3.16. The van der Waals surface area contributed by atoms with Crippen LogP contribution in [0.1, 0.15) is 0 Å². The summed E-state index contributed by atoms with van der Waals surface area (Å²) in [6.07, 6.45) is 0. The lowest BCUT2D eigenvalue weighted by atomic mass is 10.3. The zero-order valence-electron chi connectivity index (χ0n) is 10.7. The maximum atomic E-state index is 12.0. The van der Waals surface area contributed by atoms with Crippen LogP contribution in [0.2, 0.25) is 0 Å². The molecule has 20 heavy (non-hydrogen) atoms. The molecule has 1 aromatic heterocycles. The molecule has 0 unspecified atom stereocenters. The van der Waals surface area contributed by atoms with E-state index in [1.165, 1.54) is 11.8 Å². The number of hydrogen-bond acceptors (Lipinski definition) is 5. The molecule has 0 spiro atoms. The van der Waals surface area contributed by atoms with E-state index < -0.39 is 0 Å². The van der Waals surface area contributed by atoms with Crippen molar-refractivity contribution < 1.29 is 13.9 Å². The highest BCUT2D eigenvalue weighted by atomic mass is 79.9. The molecule has 0 atom stereocenters. The van der Waals surface area contributed by atoms with Gasteiger partial charge in [-0.05, 0) is 18.2 Å². The molecule has 5 nitrogen and oxygen atoms in total. The van der Waals surface area contributed by atoms with Gasteiger partial charge in [0.05, 0.1) is 19.0 Å². The number of hydrogen-bond donors (Lipinski definition) is 0. The van der Waals surface area contributed by atoms with E-state index in [9.17, 15) is 4.79 Å². The van der Waals surface area contributed by atoms with Crippen molar-refractivity contribution in [1.29, 1.82) is 0 Å². The zero-order chi connectivity index (χ0) is 13.9. The van der Waals surface area contributed by atoms with Crippen LogP contribution in [0.25, 0.3) is 11.1 Å². The Bertz CT molecular complexity index is 625. The number of nitrogens with zero attached hydrogens (tertiary/aromatic N) is 2. The molecular weight excluding hydrogens is 344 g/mol. The highest BCUT2D eigenvalue weighted by Gasteiger charge is 2.18. The molecule has 1 aliphatic heterocycles. The van der Waals surface area contributed by atoms with Crippen molar-refractivity contribution >= 4 is 44.7 Å². The third-order valence-corrected chi connectivity index (χ3v) is 4.32. The lowest BCUT2D eigenvalue weighted by Crippen LogP contribution is -2.41. The number of benzene rings is 1. The van der Waals surface area contributed by atoms with Gasteiger partial charge in [0.25, 0.3) is 5.22 Å². The average Bonchev–Trinajstić information content (AvgIpc) is 2.87. The number of fused-ring (bicyclic) bond motifs is 1. The van der Waals surface area contributed by atoms with Gasteiger partial charge in [-0.15, -0.1) is 0 Å². The molecule has 0 radical (unpaired) electrons. The van der Waals surface area contributed by atoms with E-state index in [0.29, 0.717) is 37.3 Å². The summed E-state index contributed by atoms with van der Waals surface area (Å²) in [5.74, 6) is 0.440. The van der Waals surface area contributed by atoms with Gasteiger partial charge < -0.3 is 14.1 Å². The Balaban J connectivity index is 1.63. The van der Waals surface area contributed by atoms with Crippen LogP contribution in [0, 0.1) is 0 Å². The van der Waals surface area contributed by atoms with Crippen LogP contribution < -0.4 is 0 Å². The van der Waals surface area contributed by atoms with Gasteiger partial charge >= 0.3 is 0 Å². The summed E-state index contributed by atoms with van der Waals surface area (Å²) in [6.45, 7) is 2.57. The van der Waals surface area contributed by atoms with Crippen LogP contribution >= 0.6 is 27.7 Å². The average molecular weight is 357 g/mol. The summed E-state index contributed by atoms with van der Waals surface area (Å²) >= 11 is 4.72. The van der Waals surface area contributed by atoms with Crippen LogP contribution in [-0.2, 0) is 9.53 Å². The quantitative estimate of drug-likeness (QED) is 0.791. The number of aromatic nitrogens is 1. The number of carbonyl (C=O) groups is 1. The van der Waals surface area contributed by atoms with Gasteiger partial charge in [0.1, 0.15) is 5.52 Å². The van der Waals surface area contributed by atoms with Crippen LogP contribution in [0.4, 0.5) is 0 Å². The first-order chi connectivity index (χ1) is 9.72. The van der Waals surface area contributed by atoms with Crippen LogP contribution in [0.3, 0.4) is 0 Å². The standard InChI is InChI=1S/C13H13BrN2O3S/c14-9-1-2-10-11(7-9)19-13(15-10)20-8-12(17)16-3-5-18-6-4-16/h1-2,7H,3-6,8H2. The lowest BCUT2D eigenvalue weighted by Gasteiger charge is -2.26. The van der Waals surface area contributed by atoms with Crippen LogP contribution in [0.5, 0.6) is 0 Å². The molecule has 1 aliphatic rings. The smallest absolute Gasteiger partial charge is 0.257 e. The largest absolute Gasteiger partial charge is 0.431 e. The number of ether oxygens (including phenoxy) is 1. The molecule has 0 bridgehead atoms. The molecule has 0 N–H and O–H groups in total. The van der Waals surface area contributed by atoms with Crippen molar-refractivity contribution in [2.24, 2.45) is 0 Å². The van der Waals surface area contributed by atoms with E-state index in [-0.39, 0.29) is 5.91 Å². The molecule has 1 fully saturated rings. The summed E-state index contributed by atoms with van der Waals surface area (Å²) < 4.78 is 11.8. The number of oxazole rings is 1. The minimum atomic E-state index is 0.0988. The molecule has 1 aromatic carbocycles. The summed E-state index contributed by atoms with van der Waals surface area (Å²) in [4.78, 5) is 18.2. The summed E-state index contributed by atoms with van der Waals surface area (Å²) in [6, 6.07) is 5.67.